The van der Waals surface area contributed by atoms with Crippen molar-refractivity contribution in [1.29, 1.82) is 0 Å². The SMILES string of the molecule is COCC(=O)NC(=O)N[C]=O. The Labute approximate surface area is 62.9 Å². The van der Waals surface area contributed by atoms with E-state index in [9.17, 15) is 14.4 Å². The maximum atomic E-state index is 10.5. The van der Waals surface area contributed by atoms with Crippen LogP contribution in [0.25, 0.3) is 0 Å². The lowest BCUT2D eigenvalue weighted by atomic mass is 10.6. The molecule has 0 rings (SSSR count). The van der Waals surface area contributed by atoms with Gasteiger partial charge in [-0.05, 0) is 0 Å². The van der Waals surface area contributed by atoms with Crippen LogP contribution in [-0.2, 0) is 14.3 Å². The van der Waals surface area contributed by atoms with E-state index >= 15 is 0 Å². The van der Waals surface area contributed by atoms with Crippen molar-refractivity contribution in [1.82, 2.24) is 10.6 Å². The third-order valence-electron chi connectivity index (χ3n) is 0.693. The number of hydrogen-bond donors (Lipinski definition) is 2. The topological polar surface area (TPSA) is 84.5 Å². The summed E-state index contributed by atoms with van der Waals surface area (Å²) in [7, 11) is 1.31. The summed E-state index contributed by atoms with van der Waals surface area (Å²) < 4.78 is 4.39. The van der Waals surface area contributed by atoms with Crippen molar-refractivity contribution < 1.29 is 19.1 Å². The van der Waals surface area contributed by atoms with E-state index in [2.05, 4.69) is 4.74 Å². The molecule has 0 unspecified atom stereocenters. The predicted octanol–water partition coefficient (Wildman–Crippen LogP) is -1.47. The van der Waals surface area contributed by atoms with Gasteiger partial charge in [0.05, 0.1) is 0 Å². The van der Waals surface area contributed by atoms with Crippen LogP contribution in [0.5, 0.6) is 0 Å². The Morgan fingerprint density at radius 1 is 1.55 bits per heavy atom. The number of rotatable bonds is 3. The Balaban J connectivity index is 3.57. The fraction of sp³-hybridized carbons (Fsp3) is 0.400. The van der Waals surface area contributed by atoms with E-state index in [1.165, 1.54) is 7.11 Å². The molecule has 11 heavy (non-hydrogen) atoms. The summed E-state index contributed by atoms with van der Waals surface area (Å²) in [5.41, 5.74) is 0. The molecule has 0 aromatic rings. The first-order valence-electron chi connectivity index (χ1n) is 2.66. The number of urea groups is 1. The minimum absolute atomic E-state index is 0.230. The standard InChI is InChI=1S/C5H7N2O4/c1-11-2-4(9)7-5(10)6-3-8/h2H2,1H3,(H2,6,7,8,9,10). The first kappa shape index (κ1) is 9.57. The first-order valence-corrected chi connectivity index (χ1v) is 2.66. The van der Waals surface area contributed by atoms with Gasteiger partial charge in [-0.15, -0.1) is 0 Å². The minimum atomic E-state index is -0.915. The number of carbonyl (C=O) groups excluding carboxylic acids is 3. The summed E-state index contributed by atoms with van der Waals surface area (Å²) in [6.45, 7) is -0.230. The lowest BCUT2D eigenvalue weighted by Gasteiger charge is -1.99. The van der Waals surface area contributed by atoms with Gasteiger partial charge in [-0.1, -0.05) is 0 Å². The second-order valence-electron chi connectivity index (χ2n) is 1.54. The van der Waals surface area contributed by atoms with Crippen LogP contribution in [0.1, 0.15) is 0 Å². The summed E-state index contributed by atoms with van der Waals surface area (Å²) in [5.74, 6) is -0.625. The molecule has 6 nitrogen and oxygen atoms in total. The normalized spacial score (nSPS) is 8.45. The molecule has 2 N–H and O–H groups in total. The van der Waals surface area contributed by atoms with E-state index in [0.717, 1.165) is 6.41 Å². The summed E-state index contributed by atoms with van der Waals surface area (Å²) in [6, 6.07) is -0.915. The Bertz CT molecular complexity index is 168. The Morgan fingerprint density at radius 3 is 2.64 bits per heavy atom. The molecule has 0 aromatic carbocycles. The fourth-order valence-corrected chi connectivity index (χ4v) is 0.371. The largest absolute Gasteiger partial charge is 0.375 e. The maximum Gasteiger partial charge on any atom is 0.328 e. The molecule has 0 bridgehead atoms. The average Bonchev–Trinajstić information content (AvgIpc) is 1.87. The molecule has 4 amide bonds. The van der Waals surface area contributed by atoms with Crippen molar-refractivity contribution >= 4 is 18.3 Å². The summed E-state index contributed by atoms with van der Waals surface area (Å²) in [5, 5.41) is 3.41. The molecule has 61 valence electrons. The third kappa shape index (κ3) is 5.04. The molecule has 0 spiro atoms. The van der Waals surface area contributed by atoms with Crippen LogP contribution in [0, 0.1) is 0 Å². The van der Waals surface area contributed by atoms with Crippen molar-refractivity contribution in [2.45, 2.75) is 0 Å². The molecule has 0 saturated heterocycles. The smallest absolute Gasteiger partial charge is 0.328 e. The van der Waals surface area contributed by atoms with Crippen molar-refractivity contribution in [2.24, 2.45) is 0 Å². The number of ether oxygens (including phenoxy) is 1. The van der Waals surface area contributed by atoms with Crippen LogP contribution in [0.2, 0.25) is 0 Å². The zero-order chi connectivity index (χ0) is 8.69. The summed E-state index contributed by atoms with van der Waals surface area (Å²) >= 11 is 0. The molecule has 0 fully saturated rings. The summed E-state index contributed by atoms with van der Waals surface area (Å²) in [4.78, 5) is 30.4. The number of methoxy groups -OCH3 is 1. The number of amides is 4. The molecular weight excluding hydrogens is 152 g/mol. The van der Waals surface area contributed by atoms with Gasteiger partial charge in [-0.25, -0.2) is 4.79 Å². The number of hydrogen-bond acceptors (Lipinski definition) is 4. The highest BCUT2D eigenvalue weighted by Crippen LogP contribution is 1.68. The Kier molecular flexibility index (Phi) is 4.67. The highest BCUT2D eigenvalue weighted by Gasteiger charge is 2.04. The predicted molar refractivity (Wildman–Crippen MR) is 34.2 cm³/mol. The minimum Gasteiger partial charge on any atom is -0.375 e. The molecule has 0 aliphatic rings. The van der Waals surface area contributed by atoms with Gasteiger partial charge in [-0.2, -0.15) is 0 Å². The van der Waals surface area contributed by atoms with E-state index < -0.39 is 11.9 Å². The molecule has 0 atom stereocenters. The van der Waals surface area contributed by atoms with Crippen LogP contribution in [-0.4, -0.2) is 32.1 Å². The zero-order valence-electron chi connectivity index (χ0n) is 5.84. The van der Waals surface area contributed by atoms with E-state index in [-0.39, 0.29) is 6.61 Å². The van der Waals surface area contributed by atoms with Crippen LogP contribution >= 0.6 is 0 Å². The van der Waals surface area contributed by atoms with E-state index in [1.54, 1.807) is 10.6 Å². The van der Waals surface area contributed by atoms with Crippen LogP contribution in [0.15, 0.2) is 0 Å². The molecule has 0 aliphatic heterocycles. The van der Waals surface area contributed by atoms with Gasteiger partial charge in [0.15, 0.2) is 0 Å². The Morgan fingerprint density at radius 2 is 2.18 bits per heavy atom. The van der Waals surface area contributed by atoms with Crippen molar-refractivity contribution in [3.8, 4) is 0 Å². The quantitative estimate of drug-likeness (QED) is 0.492. The van der Waals surface area contributed by atoms with Crippen LogP contribution in [0.4, 0.5) is 4.79 Å². The summed E-state index contributed by atoms with van der Waals surface area (Å²) in [6.07, 6.45) is 1.11. The zero-order valence-corrected chi connectivity index (χ0v) is 5.84. The van der Waals surface area contributed by atoms with Gasteiger partial charge >= 0.3 is 12.4 Å². The van der Waals surface area contributed by atoms with Crippen LogP contribution in [0.3, 0.4) is 0 Å². The highest BCUT2D eigenvalue weighted by atomic mass is 16.5. The second-order valence-corrected chi connectivity index (χ2v) is 1.54. The van der Waals surface area contributed by atoms with E-state index in [4.69, 9.17) is 0 Å². The van der Waals surface area contributed by atoms with Crippen LogP contribution < -0.4 is 10.6 Å². The van der Waals surface area contributed by atoms with Gasteiger partial charge in [0.1, 0.15) is 6.61 Å². The van der Waals surface area contributed by atoms with E-state index in [1.807, 2.05) is 0 Å². The second kappa shape index (κ2) is 5.36. The van der Waals surface area contributed by atoms with Gasteiger partial charge in [-0.3, -0.25) is 20.2 Å². The average molecular weight is 159 g/mol. The molecule has 1 radical (unpaired) electrons. The lowest BCUT2D eigenvalue weighted by molar-refractivity contribution is -0.123. The first-order chi connectivity index (χ1) is 5.20. The number of imide groups is 2. The van der Waals surface area contributed by atoms with Crippen molar-refractivity contribution in [3.63, 3.8) is 0 Å². The molecule has 0 aromatic heterocycles. The number of nitrogens with one attached hydrogen (secondary N) is 2. The van der Waals surface area contributed by atoms with Crippen molar-refractivity contribution in [2.75, 3.05) is 13.7 Å². The lowest BCUT2D eigenvalue weighted by Crippen LogP contribution is -2.40. The molecule has 0 aliphatic carbocycles. The van der Waals surface area contributed by atoms with Gasteiger partial charge in [0.25, 0.3) is 5.91 Å². The van der Waals surface area contributed by atoms with Gasteiger partial charge in [0.2, 0.25) is 0 Å². The molecule has 0 saturated carbocycles. The highest BCUT2D eigenvalue weighted by molar-refractivity contribution is 5.98. The molecular formula is C5H7N2O4. The number of carbonyl (C=O) groups is 2. The third-order valence-corrected chi connectivity index (χ3v) is 0.693. The molecule has 6 heteroatoms. The molecule has 0 heterocycles. The van der Waals surface area contributed by atoms with E-state index in [0.29, 0.717) is 0 Å². The van der Waals surface area contributed by atoms with Gasteiger partial charge < -0.3 is 4.74 Å². The fourth-order valence-electron chi connectivity index (χ4n) is 0.371. The monoisotopic (exact) mass is 159 g/mol. The van der Waals surface area contributed by atoms with Gasteiger partial charge in [0, 0.05) is 7.11 Å². The maximum absolute atomic E-state index is 10.5. The Hall–Kier alpha value is -1.43. The van der Waals surface area contributed by atoms with Crippen molar-refractivity contribution in [3.05, 3.63) is 0 Å².